The molecule has 0 aromatic rings. The summed E-state index contributed by atoms with van der Waals surface area (Å²) in [4.78, 5) is 11.8. The number of fused-ring (bicyclic) bond motifs is 2. The summed E-state index contributed by atoms with van der Waals surface area (Å²) >= 11 is 0. The SMILES string of the molecule is COCC1(C(=O)O)C2(C)CCC(C2)C1(C)C. The van der Waals surface area contributed by atoms with E-state index in [9.17, 15) is 9.90 Å². The average Bonchev–Trinajstić information content (AvgIpc) is 2.62. The molecule has 3 nitrogen and oxygen atoms in total. The van der Waals surface area contributed by atoms with Crippen LogP contribution in [0.5, 0.6) is 0 Å². The Balaban J connectivity index is 2.53. The first kappa shape index (κ1) is 11.9. The highest BCUT2D eigenvalue weighted by Gasteiger charge is 2.72. The Hall–Kier alpha value is -0.570. The van der Waals surface area contributed by atoms with E-state index in [1.54, 1.807) is 7.11 Å². The average molecular weight is 226 g/mol. The Labute approximate surface area is 97.2 Å². The van der Waals surface area contributed by atoms with E-state index in [1.807, 2.05) is 0 Å². The predicted octanol–water partition coefficient (Wildman–Crippen LogP) is 2.55. The van der Waals surface area contributed by atoms with Crippen LogP contribution in [-0.2, 0) is 9.53 Å². The van der Waals surface area contributed by atoms with Gasteiger partial charge < -0.3 is 9.84 Å². The zero-order valence-electron chi connectivity index (χ0n) is 10.7. The van der Waals surface area contributed by atoms with Crippen molar-refractivity contribution in [2.24, 2.45) is 22.2 Å². The molecule has 0 amide bonds. The summed E-state index contributed by atoms with van der Waals surface area (Å²) in [6.07, 6.45) is 3.23. The zero-order chi connectivity index (χ0) is 12.2. The van der Waals surface area contributed by atoms with Gasteiger partial charge in [-0.2, -0.15) is 0 Å². The summed E-state index contributed by atoms with van der Waals surface area (Å²) in [5.74, 6) is -0.146. The first-order valence-corrected chi connectivity index (χ1v) is 6.04. The molecule has 2 fully saturated rings. The van der Waals surface area contributed by atoms with Crippen LogP contribution in [0.2, 0.25) is 0 Å². The van der Waals surface area contributed by atoms with Crippen molar-refractivity contribution in [3.8, 4) is 0 Å². The van der Waals surface area contributed by atoms with Crippen LogP contribution in [0, 0.1) is 22.2 Å². The van der Waals surface area contributed by atoms with Gasteiger partial charge in [0, 0.05) is 7.11 Å². The summed E-state index contributed by atoms with van der Waals surface area (Å²) in [6.45, 7) is 6.68. The minimum atomic E-state index is -0.711. The molecule has 92 valence electrons. The van der Waals surface area contributed by atoms with E-state index >= 15 is 0 Å². The Morgan fingerprint density at radius 1 is 1.44 bits per heavy atom. The van der Waals surface area contributed by atoms with E-state index in [0.29, 0.717) is 12.5 Å². The lowest BCUT2D eigenvalue weighted by atomic mass is 9.53. The van der Waals surface area contributed by atoms with Crippen molar-refractivity contribution in [3.63, 3.8) is 0 Å². The van der Waals surface area contributed by atoms with Gasteiger partial charge in [-0.25, -0.2) is 0 Å². The maximum atomic E-state index is 11.8. The van der Waals surface area contributed by atoms with Gasteiger partial charge in [-0.1, -0.05) is 20.8 Å². The fraction of sp³-hybridized carbons (Fsp3) is 0.923. The second-order valence-corrected chi connectivity index (χ2v) is 6.37. The number of carboxylic acid groups (broad SMARTS) is 1. The van der Waals surface area contributed by atoms with E-state index < -0.39 is 11.4 Å². The van der Waals surface area contributed by atoms with Crippen LogP contribution >= 0.6 is 0 Å². The highest BCUT2D eigenvalue weighted by molar-refractivity contribution is 5.78. The number of ether oxygens (including phenoxy) is 1. The number of methoxy groups -OCH3 is 1. The molecule has 2 aliphatic carbocycles. The van der Waals surface area contributed by atoms with Crippen molar-refractivity contribution < 1.29 is 14.6 Å². The molecule has 2 bridgehead atoms. The van der Waals surface area contributed by atoms with Crippen LogP contribution in [0.1, 0.15) is 40.0 Å². The van der Waals surface area contributed by atoms with E-state index in [4.69, 9.17) is 4.74 Å². The number of carboxylic acids is 1. The number of aliphatic carboxylic acids is 1. The molecular weight excluding hydrogens is 204 g/mol. The zero-order valence-corrected chi connectivity index (χ0v) is 10.7. The molecule has 3 atom stereocenters. The summed E-state index contributed by atoms with van der Waals surface area (Å²) in [5.41, 5.74) is -0.970. The van der Waals surface area contributed by atoms with Crippen molar-refractivity contribution in [1.82, 2.24) is 0 Å². The normalized spacial score (nSPS) is 44.9. The molecule has 2 saturated carbocycles. The predicted molar refractivity (Wildman–Crippen MR) is 61.2 cm³/mol. The van der Waals surface area contributed by atoms with Crippen LogP contribution < -0.4 is 0 Å². The minimum Gasteiger partial charge on any atom is -0.481 e. The molecule has 3 unspecified atom stereocenters. The standard InChI is InChI=1S/C13H22O3/c1-11(2)9-5-6-12(3,7-9)13(11,8-16-4)10(14)15/h9H,5-8H2,1-4H3,(H,14,15). The molecule has 0 spiro atoms. The molecule has 1 N–H and O–H groups in total. The van der Waals surface area contributed by atoms with Gasteiger partial charge in [0.05, 0.1) is 6.61 Å². The van der Waals surface area contributed by atoms with E-state index in [0.717, 1.165) is 12.8 Å². The Morgan fingerprint density at radius 2 is 2.06 bits per heavy atom. The first-order chi connectivity index (χ1) is 7.32. The second kappa shape index (κ2) is 3.22. The lowest BCUT2D eigenvalue weighted by Gasteiger charge is -2.50. The fourth-order valence-corrected chi connectivity index (χ4v) is 4.54. The molecule has 0 aromatic heterocycles. The Bertz CT molecular complexity index is 316. The van der Waals surface area contributed by atoms with Crippen molar-refractivity contribution >= 4 is 5.97 Å². The van der Waals surface area contributed by atoms with Gasteiger partial charge in [0.15, 0.2) is 0 Å². The van der Waals surface area contributed by atoms with Gasteiger partial charge >= 0.3 is 5.97 Å². The molecule has 0 aliphatic heterocycles. The van der Waals surface area contributed by atoms with Crippen molar-refractivity contribution in [1.29, 1.82) is 0 Å². The van der Waals surface area contributed by atoms with Crippen LogP contribution in [-0.4, -0.2) is 24.8 Å². The van der Waals surface area contributed by atoms with Gasteiger partial charge in [-0.05, 0) is 36.0 Å². The van der Waals surface area contributed by atoms with Crippen molar-refractivity contribution in [3.05, 3.63) is 0 Å². The van der Waals surface area contributed by atoms with Crippen LogP contribution in [0.3, 0.4) is 0 Å². The van der Waals surface area contributed by atoms with E-state index in [-0.39, 0.29) is 10.8 Å². The third-order valence-electron chi connectivity index (χ3n) is 5.62. The molecule has 2 rings (SSSR count). The summed E-state index contributed by atoms with van der Waals surface area (Å²) in [5, 5.41) is 9.74. The lowest BCUT2D eigenvalue weighted by Crippen LogP contribution is -2.55. The molecular formula is C13H22O3. The van der Waals surface area contributed by atoms with Crippen LogP contribution in [0.4, 0.5) is 0 Å². The van der Waals surface area contributed by atoms with Gasteiger partial charge in [0.25, 0.3) is 0 Å². The Morgan fingerprint density at radius 3 is 2.44 bits per heavy atom. The van der Waals surface area contributed by atoms with Gasteiger partial charge in [-0.15, -0.1) is 0 Å². The largest absolute Gasteiger partial charge is 0.481 e. The minimum absolute atomic E-state index is 0.0942. The summed E-state index contributed by atoms with van der Waals surface area (Å²) in [7, 11) is 1.61. The molecule has 0 aromatic carbocycles. The van der Waals surface area contributed by atoms with Crippen LogP contribution in [0.25, 0.3) is 0 Å². The quantitative estimate of drug-likeness (QED) is 0.804. The van der Waals surface area contributed by atoms with Crippen molar-refractivity contribution in [2.45, 2.75) is 40.0 Å². The number of rotatable bonds is 3. The summed E-state index contributed by atoms with van der Waals surface area (Å²) in [6, 6.07) is 0. The third kappa shape index (κ3) is 1.05. The molecule has 0 heterocycles. The van der Waals surface area contributed by atoms with Gasteiger partial charge in [0.2, 0.25) is 0 Å². The van der Waals surface area contributed by atoms with Crippen LogP contribution in [0.15, 0.2) is 0 Å². The number of hydrogen-bond acceptors (Lipinski definition) is 2. The maximum Gasteiger partial charge on any atom is 0.313 e. The smallest absolute Gasteiger partial charge is 0.313 e. The fourth-order valence-electron chi connectivity index (χ4n) is 4.54. The second-order valence-electron chi connectivity index (χ2n) is 6.37. The molecule has 2 aliphatic rings. The molecule has 0 radical (unpaired) electrons. The van der Waals surface area contributed by atoms with E-state index in [2.05, 4.69) is 20.8 Å². The monoisotopic (exact) mass is 226 g/mol. The van der Waals surface area contributed by atoms with E-state index in [1.165, 1.54) is 6.42 Å². The summed E-state index contributed by atoms with van der Waals surface area (Å²) < 4.78 is 5.26. The van der Waals surface area contributed by atoms with Gasteiger partial charge in [-0.3, -0.25) is 4.79 Å². The molecule has 3 heteroatoms. The van der Waals surface area contributed by atoms with Crippen molar-refractivity contribution in [2.75, 3.05) is 13.7 Å². The molecule has 16 heavy (non-hydrogen) atoms. The topological polar surface area (TPSA) is 46.5 Å². The number of carbonyl (C=O) groups is 1. The van der Waals surface area contributed by atoms with Gasteiger partial charge in [0.1, 0.15) is 5.41 Å². The third-order valence-corrected chi connectivity index (χ3v) is 5.62. The maximum absolute atomic E-state index is 11.8. The first-order valence-electron chi connectivity index (χ1n) is 6.04. The lowest BCUT2D eigenvalue weighted by molar-refractivity contribution is -0.178. The highest BCUT2D eigenvalue weighted by atomic mass is 16.5. The number of hydrogen-bond donors (Lipinski definition) is 1. The molecule has 0 saturated heterocycles. The highest BCUT2D eigenvalue weighted by Crippen LogP contribution is 2.72. The Kier molecular flexibility index (Phi) is 2.40.